The van der Waals surface area contributed by atoms with Crippen LogP contribution in [-0.4, -0.2) is 18.5 Å². The van der Waals surface area contributed by atoms with Crippen LogP contribution in [0.15, 0.2) is 12.3 Å². The highest BCUT2D eigenvalue weighted by Gasteiger charge is 1.95. The SMILES string of the molecule is CCC(=O)OC=CCOC(=O)CC. The average molecular weight is 186 g/mol. The third-order valence-electron chi connectivity index (χ3n) is 1.21. The van der Waals surface area contributed by atoms with Crippen LogP contribution in [0.4, 0.5) is 0 Å². The fourth-order valence-corrected chi connectivity index (χ4v) is 0.490. The Hall–Kier alpha value is -1.32. The molecule has 0 aliphatic carbocycles. The fourth-order valence-electron chi connectivity index (χ4n) is 0.490. The van der Waals surface area contributed by atoms with Gasteiger partial charge in [-0.15, -0.1) is 0 Å². The van der Waals surface area contributed by atoms with Crippen LogP contribution in [0.3, 0.4) is 0 Å². The molecule has 0 spiro atoms. The number of rotatable bonds is 5. The van der Waals surface area contributed by atoms with Gasteiger partial charge in [-0.2, -0.15) is 0 Å². The topological polar surface area (TPSA) is 52.6 Å². The molecule has 4 nitrogen and oxygen atoms in total. The molecule has 0 aromatic heterocycles. The highest BCUT2D eigenvalue weighted by atomic mass is 16.5. The molecule has 0 atom stereocenters. The van der Waals surface area contributed by atoms with Crippen molar-refractivity contribution in [1.82, 2.24) is 0 Å². The maximum Gasteiger partial charge on any atom is 0.310 e. The molecular formula is C9H14O4. The van der Waals surface area contributed by atoms with E-state index in [0.29, 0.717) is 12.8 Å². The monoisotopic (exact) mass is 186 g/mol. The van der Waals surface area contributed by atoms with E-state index in [1.54, 1.807) is 13.8 Å². The van der Waals surface area contributed by atoms with Crippen LogP contribution >= 0.6 is 0 Å². The van der Waals surface area contributed by atoms with Crippen molar-refractivity contribution in [2.45, 2.75) is 26.7 Å². The molecule has 4 heteroatoms. The van der Waals surface area contributed by atoms with Gasteiger partial charge in [0, 0.05) is 12.8 Å². The van der Waals surface area contributed by atoms with Crippen LogP contribution in [-0.2, 0) is 19.1 Å². The third kappa shape index (κ3) is 7.05. The van der Waals surface area contributed by atoms with Gasteiger partial charge in [0.15, 0.2) is 0 Å². The number of carbonyl (C=O) groups is 2. The first kappa shape index (κ1) is 11.7. The van der Waals surface area contributed by atoms with Crippen molar-refractivity contribution in [3.05, 3.63) is 12.3 Å². The van der Waals surface area contributed by atoms with Gasteiger partial charge in [-0.1, -0.05) is 13.8 Å². The van der Waals surface area contributed by atoms with E-state index in [2.05, 4.69) is 9.47 Å². The van der Waals surface area contributed by atoms with Crippen LogP contribution in [0.25, 0.3) is 0 Å². The number of carbonyl (C=O) groups excluding carboxylic acids is 2. The minimum Gasteiger partial charge on any atom is -0.461 e. The summed E-state index contributed by atoms with van der Waals surface area (Å²) in [5.41, 5.74) is 0. The van der Waals surface area contributed by atoms with Gasteiger partial charge >= 0.3 is 11.9 Å². The van der Waals surface area contributed by atoms with Crippen LogP contribution in [0.2, 0.25) is 0 Å². The number of esters is 2. The molecule has 13 heavy (non-hydrogen) atoms. The van der Waals surface area contributed by atoms with Crippen molar-refractivity contribution >= 4 is 11.9 Å². The normalized spacial score (nSPS) is 10.0. The summed E-state index contributed by atoms with van der Waals surface area (Å²) in [6.45, 7) is 3.56. The van der Waals surface area contributed by atoms with Crippen molar-refractivity contribution in [2.24, 2.45) is 0 Å². The van der Waals surface area contributed by atoms with E-state index in [1.807, 2.05) is 0 Å². The predicted molar refractivity (Wildman–Crippen MR) is 46.8 cm³/mol. The lowest BCUT2D eigenvalue weighted by molar-refractivity contribution is -0.141. The summed E-state index contributed by atoms with van der Waals surface area (Å²) in [5.74, 6) is -0.579. The van der Waals surface area contributed by atoms with Crippen molar-refractivity contribution in [2.75, 3.05) is 6.61 Å². The summed E-state index contributed by atoms with van der Waals surface area (Å²) < 4.78 is 9.29. The second-order valence-electron chi connectivity index (χ2n) is 2.25. The molecule has 0 saturated carbocycles. The minimum atomic E-state index is -0.307. The lowest BCUT2D eigenvalue weighted by atomic mass is 10.5. The fraction of sp³-hybridized carbons (Fsp3) is 0.556. The number of hydrogen-bond donors (Lipinski definition) is 0. The summed E-state index contributed by atoms with van der Waals surface area (Å²) in [5, 5.41) is 0. The van der Waals surface area contributed by atoms with Gasteiger partial charge in [-0.3, -0.25) is 9.59 Å². The summed E-state index contributed by atoms with van der Waals surface area (Å²) in [6.07, 6.45) is 3.39. The number of hydrogen-bond acceptors (Lipinski definition) is 4. The number of ether oxygens (including phenoxy) is 2. The van der Waals surface area contributed by atoms with E-state index in [-0.39, 0.29) is 18.5 Å². The zero-order valence-corrected chi connectivity index (χ0v) is 7.91. The van der Waals surface area contributed by atoms with Crippen LogP contribution in [0.5, 0.6) is 0 Å². The Bertz CT molecular complexity index is 196. The van der Waals surface area contributed by atoms with Crippen molar-refractivity contribution in [1.29, 1.82) is 0 Å². The van der Waals surface area contributed by atoms with Gasteiger partial charge in [0.25, 0.3) is 0 Å². The molecule has 74 valence electrons. The molecule has 0 unspecified atom stereocenters. The molecule has 0 amide bonds. The Balaban J connectivity index is 3.42. The van der Waals surface area contributed by atoms with E-state index < -0.39 is 0 Å². The molecular weight excluding hydrogens is 172 g/mol. The zero-order chi connectivity index (χ0) is 10.1. The average Bonchev–Trinajstić information content (AvgIpc) is 2.16. The molecule has 0 aromatic rings. The lowest BCUT2D eigenvalue weighted by Gasteiger charge is -1.97. The van der Waals surface area contributed by atoms with Gasteiger partial charge in [0.1, 0.15) is 6.61 Å². The van der Waals surface area contributed by atoms with Gasteiger partial charge < -0.3 is 9.47 Å². The van der Waals surface area contributed by atoms with E-state index in [4.69, 9.17) is 0 Å². The van der Waals surface area contributed by atoms with Crippen LogP contribution in [0.1, 0.15) is 26.7 Å². The standard InChI is InChI=1S/C9H14O4/c1-3-8(10)12-6-5-7-13-9(11)4-2/h5-6H,3-4,7H2,1-2H3. The van der Waals surface area contributed by atoms with Crippen LogP contribution < -0.4 is 0 Å². The second kappa shape index (κ2) is 7.34. The summed E-state index contributed by atoms with van der Waals surface area (Å²) in [7, 11) is 0. The molecule has 0 aliphatic heterocycles. The third-order valence-corrected chi connectivity index (χ3v) is 1.21. The second-order valence-corrected chi connectivity index (χ2v) is 2.25. The highest BCUT2D eigenvalue weighted by Crippen LogP contribution is 1.88. The van der Waals surface area contributed by atoms with Gasteiger partial charge in [0.2, 0.25) is 0 Å². The van der Waals surface area contributed by atoms with E-state index in [1.165, 1.54) is 12.3 Å². The smallest absolute Gasteiger partial charge is 0.310 e. The Morgan fingerprint density at radius 3 is 2.31 bits per heavy atom. The first-order valence-corrected chi connectivity index (χ1v) is 4.20. The molecule has 0 rings (SSSR count). The van der Waals surface area contributed by atoms with Crippen LogP contribution in [0, 0.1) is 0 Å². The lowest BCUT2D eigenvalue weighted by Crippen LogP contribution is -2.02. The molecule has 0 bridgehead atoms. The maximum atomic E-state index is 10.6. The van der Waals surface area contributed by atoms with Gasteiger partial charge in [-0.25, -0.2) is 0 Å². The Labute approximate surface area is 77.5 Å². The maximum absolute atomic E-state index is 10.6. The zero-order valence-electron chi connectivity index (χ0n) is 7.91. The Kier molecular flexibility index (Phi) is 6.59. The Morgan fingerprint density at radius 2 is 1.77 bits per heavy atom. The van der Waals surface area contributed by atoms with E-state index in [0.717, 1.165) is 0 Å². The molecule has 0 radical (unpaired) electrons. The molecule has 0 saturated heterocycles. The van der Waals surface area contributed by atoms with Crippen molar-refractivity contribution in [3.8, 4) is 0 Å². The molecule has 0 aromatic carbocycles. The first-order valence-electron chi connectivity index (χ1n) is 4.20. The largest absolute Gasteiger partial charge is 0.461 e. The Morgan fingerprint density at radius 1 is 1.15 bits per heavy atom. The predicted octanol–water partition coefficient (Wildman–Crippen LogP) is 1.41. The summed E-state index contributed by atoms with van der Waals surface area (Å²) in [6, 6.07) is 0. The van der Waals surface area contributed by atoms with E-state index in [9.17, 15) is 9.59 Å². The molecule has 0 aliphatic rings. The van der Waals surface area contributed by atoms with E-state index >= 15 is 0 Å². The molecule has 0 heterocycles. The molecule has 0 fully saturated rings. The first-order chi connectivity index (χ1) is 6.20. The van der Waals surface area contributed by atoms with Gasteiger partial charge in [0.05, 0.1) is 6.26 Å². The summed E-state index contributed by atoms with van der Waals surface area (Å²) >= 11 is 0. The quantitative estimate of drug-likeness (QED) is 0.481. The molecule has 0 N–H and O–H groups in total. The van der Waals surface area contributed by atoms with Gasteiger partial charge in [-0.05, 0) is 6.08 Å². The van der Waals surface area contributed by atoms with Crippen molar-refractivity contribution in [3.63, 3.8) is 0 Å². The summed E-state index contributed by atoms with van der Waals surface area (Å²) in [4.78, 5) is 21.2. The highest BCUT2D eigenvalue weighted by molar-refractivity contribution is 5.69. The van der Waals surface area contributed by atoms with Crippen molar-refractivity contribution < 1.29 is 19.1 Å². The minimum absolute atomic E-state index is 0.143.